The summed E-state index contributed by atoms with van der Waals surface area (Å²) in [5.74, 6) is -0.453. The van der Waals surface area contributed by atoms with E-state index in [1.54, 1.807) is 0 Å². The van der Waals surface area contributed by atoms with Crippen molar-refractivity contribution in [1.29, 1.82) is 0 Å². The highest BCUT2D eigenvalue weighted by Gasteiger charge is 2.17. The van der Waals surface area contributed by atoms with Gasteiger partial charge in [-0.15, -0.1) is 11.3 Å². The molecule has 5 nitrogen and oxygen atoms in total. The summed E-state index contributed by atoms with van der Waals surface area (Å²) in [4.78, 5) is 24.6. The molecule has 2 aromatic heterocycles. The molecular weight excluding hydrogens is 286 g/mol. The van der Waals surface area contributed by atoms with Crippen molar-refractivity contribution in [2.45, 2.75) is 27.2 Å². The number of hydrogen-bond donors (Lipinski definition) is 1. The third-order valence-corrected chi connectivity index (χ3v) is 3.55. The van der Waals surface area contributed by atoms with Crippen LogP contribution in [-0.2, 0) is 0 Å². The van der Waals surface area contributed by atoms with Crippen LogP contribution < -0.4 is 5.32 Å². The monoisotopic (exact) mass is 298 g/mol. The Balaban J connectivity index is 2.24. The minimum Gasteiger partial charge on any atom is -0.296 e. The van der Waals surface area contributed by atoms with E-state index in [9.17, 15) is 13.6 Å². The molecule has 0 spiro atoms. The molecule has 0 bridgehead atoms. The Morgan fingerprint density at radius 2 is 1.95 bits per heavy atom. The van der Waals surface area contributed by atoms with Crippen molar-refractivity contribution in [2.24, 2.45) is 0 Å². The number of nitrogens with one attached hydrogen (secondary N) is 1. The Bertz CT molecular complexity index is 637. The van der Waals surface area contributed by atoms with Crippen molar-refractivity contribution in [1.82, 2.24) is 15.0 Å². The average Bonchev–Trinajstić information content (AvgIpc) is 2.67. The molecule has 106 valence electrons. The Kier molecular flexibility index (Phi) is 4.03. The number of aromatic nitrogens is 3. The molecule has 1 amide bonds. The number of carbonyl (C=O) groups excluding carboxylic acids is 1. The van der Waals surface area contributed by atoms with Crippen LogP contribution in [0.4, 0.5) is 13.9 Å². The van der Waals surface area contributed by atoms with Gasteiger partial charge in [0.25, 0.3) is 12.3 Å². The molecule has 0 unspecified atom stereocenters. The van der Waals surface area contributed by atoms with E-state index >= 15 is 0 Å². The summed E-state index contributed by atoms with van der Waals surface area (Å²) >= 11 is 1.32. The minimum atomic E-state index is -2.74. The Morgan fingerprint density at radius 3 is 2.50 bits per heavy atom. The van der Waals surface area contributed by atoms with Crippen LogP contribution in [0.3, 0.4) is 0 Å². The SMILES string of the molecule is Cc1nc(C(=O)Nc2nc(C)c(C)s2)cc(C(F)F)n1. The molecule has 0 aliphatic carbocycles. The predicted molar refractivity (Wildman–Crippen MR) is 71.3 cm³/mol. The second-order valence-electron chi connectivity index (χ2n) is 4.14. The van der Waals surface area contributed by atoms with Gasteiger partial charge in [-0.1, -0.05) is 0 Å². The molecule has 2 rings (SSSR count). The fraction of sp³-hybridized carbons (Fsp3) is 0.333. The number of halogens is 2. The average molecular weight is 298 g/mol. The van der Waals surface area contributed by atoms with Crippen LogP contribution in [0.15, 0.2) is 6.07 Å². The van der Waals surface area contributed by atoms with Gasteiger partial charge in [0.1, 0.15) is 17.2 Å². The number of amides is 1. The summed E-state index contributed by atoms with van der Waals surface area (Å²) in [6.45, 7) is 5.16. The molecule has 1 N–H and O–H groups in total. The molecule has 0 saturated heterocycles. The van der Waals surface area contributed by atoms with Gasteiger partial charge in [-0.3, -0.25) is 10.1 Å². The molecule has 8 heteroatoms. The third kappa shape index (κ3) is 3.13. The zero-order valence-electron chi connectivity index (χ0n) is 11.1. The Morgan fingerprint density at radius 1 is 1.25 bits per heavy atom. The van der Waals surface area contributed by atoms with Crippen molar-refractivity contribution in [2.75, 3.05) is 5.32 Å². The van der Waals surface area contributed by atoms with E-state index < -0.39 is 18.0 Å². The maximum Gasteiger partial charge on any atom is 0.280 e. The molecule has 0 radical (unpaired) electrons. The molecule has 0 aromatic carbocycles. The topological polar surface area (TPSA) is 67.8 Å². The number of hydrogen-bond acceptors (Lipinski definition) is 5. The van der Waals surface area contributed by atoms with Gasteiger partial charge in [-0.25, -0.2) is 23.7 Å². The molecular formula is C12H12F2N4OS. The first-order valence-corrected chi connectivity index (χ1v) is 6.57. The van der Waals surface area contributed by atoms with Gasteiger partial charge in [-0.05, 0) is 26.8 Å². The summed E-state index contributed by atoms with van der Waals surface area (Å²) in [5.41, 5.74) is 0.255. The highest BCUT2D eigenvalue weighted by molar-refractivity contribution is 7.15. The van der Waals surface area contributed by atoms with Crippen LogP contribution in [0, 0.1) is 20.8 Å². The van der Waals surface area contributed by atoms with E-state index in [4.69, 9.17) is 0 Å². The van der Waals surface area contributed by atoms with Crippen LogP contribution in [0.5, 0.6) is 0 Å². The van der Waals surface area contributed by atoms with E-state index in [0.29, 0.717) is 5.13 Å². The number of carbonyl (C=O) groups is 1. The highest BCUT2D eigenvalue weighted by Crippen LogP contribution is 2.22. The Hall–Kier alpha value is -1.96. The summed E-state index contributed by atoms with van der Waals surface area (Å²) in [5, 5.41) is 2.96. The smallest absolute Gasteiger partial charge is 0.280 e. The quantitative estimate of drug-likeness (QED) is 0.945. The molecule has 0 fully saturated rings. The van der Waals surface area contributed by atoms with Crippen molar-refractivity contribution >= 4 is 22.4 Å². The number of aryl methyl sites for hydroxylation is 3. The predicted octanol–water partition coefficient (Wildman–Crippen LogP) is 3.05. The summed E-state index contributed by atoms with van der Waals surface area (Å²) in [7, 11) is 0. The Labute approximate surface area is 118 Å². The van der Waals surface area contributed by atoms with Gasteiger partial charge in [-0.2, -0.15) is 0 Å². The lowest BCUT2D eigenvalue weighted by Gasteiger charge is -2.05. The van der Waals surface area contributed by atoms with Crippen LogP contribution in [0.25, 0.3) is 0 Å². The van der Waals surface area contributed by atoms with Crippen LogP contribution in [-0.4, -0.2) is 20.9 Å². The van der Waals surface area contributed by atoms with E-state index in [1.165, 1.54) is 18.3 Å². The van der Waals surface area contributed by atoms with E-state index in [0.717, 1.165) is 16.6 Å². The molecule has 2 heterocycles. The number of rotatable bonds is 3. The van der Waals surface area contributed by atoms with Gasteiger partial charge < -0.3 is 0 Å². The first kappa shape index (κ1) is 14.4. The van der Waals surface area contributed by atoms with Crippen LogP contribution >= 0.6 is 11.3 Å². The second-order valence-corrected chi connectivity index (χ2v) is 5.34. The lowest BCUT2D eigenvalue weighted by molar-refractivity contribution is 0.102. The number of nitrogens with zero attached hydrogens (tertiary/aromatic N) is 3. The third-order valence-electron chi connectivity index (χ3n) is 2.56. The number of thiazole rings is 1. The lowest BCUT2D eigenvalue weighted by Crippen LogP contribution is -2.15. The van der Waals surface area contributed by atoms with Gasteiger partial charge in [0.05, 0.1) is 5.69 Å². The van der Waals surface area contributed by atoms with Gasteiger partial charge >= 0.3 is 0 Å². The number of alkyl halides is 2. The zero-order valence-corrected chi connectivity index (χ0v) is 11.9. The zero-order chi connectivity index (χ0) is 14.9. The van der Waals surface area contributed by atoms with Crippen molar-refractivity contribution in [3.63, 3.8) is 0 Å². The minimum absolute atomic E-state index is 0.0988. The number of anilines is 1. The molecule has 0 atom stereocenters. The van der Waals surface area contributed by atoms with Crippen molar-refractivity contribution in [3.8, 4) is 0 Å². The molecule has 20 heavy (non-hydrogen) atoms. The maximum absolute atomic E-state index is 12.6. The molecule has 0 aliphatic rings. The van der Waals surface area contributed by atoms with Crippen molar-refractivity contribution < 1.29 is 13.6 Å². The van der Waals surface area contributed by atoms with Gasteiger partial charge in [0, 0.05) is 4.88 Å². The summed E-state index contributed by atoms with van der Waals surface area (Å²) in [6, 6.07) is 0.986. The van der Waals surface area contributed by atoms with Gasteiger partial charge in [0.2, 0.25) is 0 Å². The molecule has 0 saturated carbocycles. The fourth-order valence-electron chi connectivity index (χ4n) is 1.51. The lowest BCUT2D eigenvalue weighted by atomic mass is 10.3. The largest absolute Gasteiger partial charge is 0.296 e. The maximum atomic E-state index is 12.6. The highest BCUT2D eigenvalue weighted by atomic mass is 32.1. The van der Waals surface area contributed by atoms with Crippen molar-refractivity contribution in [3.05, 3.63) is 33.8 Å². The standard InChI is InChI=1S/C12H12F2N4OS/c1-5-6(2)20-12(15-5)18-11(19)9-4-8(10(13)14)16-7(3)17-9/h4,10H,1-3H3,(H,15,18,19). The van der Waals surface area contributed by atoms with Crippen LogP contribution in [0.1, 0.15) is 39.0 Å². The summed E-state index contributed by atoms with van der Waals surface area (Å²) in [6.07, 6.45) is -2.74. The second kappa shape index (κ2) is 5.58. The first-order valence-electron chi connectivity index (χ1n) is 5.76. The summed E-state index contributed by atoms with van der Waals surface area (Å²) < 4.78 is 25.3. The van der Waals surface area contributed by atoms with Crippen LogP contribution in [0.2, 0.25) is 0 Å². The molecule has 2 aromatic rings. The van der Waals surface area contributed by atoms with E-state index in [-0.39, 0.29) is 11.5 Å². The molecule has 0 aliphatic heterocycles. The normalized spacial score (nSPS) is 10.9. The van der Waals surface area contributed by atoms with E-state index in [1.807, 2.05) is 13.8 Å². The fourth-order valence-corrected chi connectivity index (χ4v) is 2.32. The van der Waals surface area contributed by atoms with E-state index in [2.05, 4.69) is 20.3 Å². The van der Waals surface area contributed by atoms with Gasteiger partial charge in [0.15, 0.2) is 5.13 Å². The first-order chi connectivity index (χ1) is 9.36.